The molecule has 0 aliphatic carbocycles. The second-order valence-corrected chi connectivity index (χ2v) is 4.30. The lowest BCUT2D eigenvalue weighted by atomic mass is 11.0. The average Bonchev–Trinajstić information content (AvgIpc) is 2.63. The van der Waals surface area contributed by atoms with Crippen LogP contribution in [0.3, 0.4) is 0 Å². The Kier molecular flexibility index (Phi) is 2.28. The first-order chi connectivity index (χ1) is 5.84. The second-order valence-electron chi connectivity index (χ2n) is 1.77. The van der Waals surface area contributed by atoms with Gasteiger partial charge in [0.15, 0.2) is 4.34 Å². The molecule has 0 amide bonds. The summed E-state index contributed by atoms with van der Waals surface area (Å²) >= 11 is 6.94. The lowest BCUT2D eigenvalue weighted by Gasteiger charge is -1.84. The van der Waals surface area contributed by atoms with Crippen LogP contribution in [0.1, 0.15) is 0 Å². The number of nitrogens with zero attached hydrogens (tertiary/aromatic N) is 4. The zero-order chi connectivity index (χ0) is 8.39. The molecule has 62 valence electrons. The van der Waals surface area contributed by atoms with Gasteiger partial charge < -0.3 is 0 Å². The van der Waals surface area contributed by atoms with Crippen LogP contribution in [-0.4, -0.2) is 25.6 Å². The average molecular weight is 217 g/mol. The van der Waals surface area contributed by atoms with Crippen LogP contribution in [0.25, 0.3) is 0 Å². The van der Waals surface area contributed by atoms with Gasteiger partial charge in [-0.1, -0.05) is 0 Å². The SMILES string of the molecule is Sc1csc(Sc2nn[nH]n2)n1. The smallest absolute Gasteiger partial charge is 0.223 e. The molecule has 2 rings (SSSR count). The first-order valence-corrected chi connectivity index (χ1v) is 5.05. The highest BCUT2D eigenvalue weighted by atomic mass is 32.2. The molecule has 0 bridgehead atoms. The normalized spacial score (nSPS) is 10.4. The number of rotatable bonds is 2. The van der Waals surface area contributed by atoms with Crippen LogP contribution < -0.4 is 0 Å². The molecule has 2 aromatic rings. The standard InChI is InChI=1S/C4H3N5S3/c10-2-1-11-4(5-2)12-3-6-8-9-7-3/h1,10H,(H,6,7,8,9). The fraction of sp³-hybridized carbons (Fsp3) is 0. The maximum Gasteiger partial charge on any atom is 0.237 e. The molecular weight excluding hydrogens is 214 g/mol. The lowest BCUT2D eigenvalue weighted by molar-refractivity contribution is 0.881. The van der Waals surface area contributed by atoms with Gasteiger partial charge in [-0.15, -0.1) is 34.2 Å². The molecule has 12 heavy (non-hydrogen) atoms. The molecule has 0 aromatic carbocycles. The molecule has 2 heterocycles. The number of thiol groups is 1. The van der Waals surface area contributed by atoms with Gasteiger partial charge in [-0.3, -0.25) is 0 Å². The molecule has 0 saturated carbocycles. The van der Waals surface area contributed by atoms with E-state index in [1.54, 1.807) is 0 Å². The van der Waals surface area contributed by atoms with Crippen LogP contribution in [0.5, 0.6) is 0 Å². The number of nitrogens with one attached hydrogen (secondary N) is 1. The van der Waals surface area contributed by atoms with Crippen LogP contribution >= 0.6 is 35.7 Å². The molecule has 0 atom stereocenters. The van der Waals surface area contributed by atoms with E-state index in [0.717, 1.165) is 4.34 Å². The summed E-state index contributed by atoms with van der Waals surface area (Å²) in [5.41, 5.74) is 0. The summed E-state index contributed by atoms with van der Waals surface area (Å²) in [7, 11) is 0. The first-order valence-electron chi connectivity index (χ1n) is 2.90. The summed E-state index contributed by atoms with van der Waals surface area (Å²) in [6.45, 7) is 0. The van der Waals surface area contributed by atoms with E-state index >= 15 is 0 Å². The molecule has 0 spiro atoms. The number of aromatic nitrogens is 5. The van der Waals surface area contributed by atoms with Gasteiger partial charge in [0.25, 0.3) is 0 Å². The number of thiazole rings is 1. The van der Waals surface area contributed by atoms with Crippen LogP contribution in [-0.2, 0) is 0 Å². The Hall–Kier alpha value is -0.600. The molecule has 0 fully saturated rings. The first kappa shape index (κ1) is 8.02. The minimum absolute atomic E-state index is 0.567. The second kappa shape index (κ2) is 3.42. The van der Waals surface area contributed by atoms with Crippen molar-refractivity contribution in [3.63, 3.8) is 0 Å². The van der Waals surface area contributed by atoms with E-state index in [9.17, 15) is 0 Å². The van der Waals surface area contributed by atoms with Crippen molar-refractivity contribution in [3.8, 4) is 0 Å². The van der Waals surface area contributed by atoms with Gasteiger partial charge in [0.1, 0.15) is 5.03 Å². The molecule has 5 nitrogen and oxygen atoms in total. The van der Waals surface area contributed by atoms with Crippen molar-refractivity contribution in [1.29, 1.82) is 0 Å². The summed E-state index contributed by atoms with van der Waals surface area (Å²) < 4.78 is 0.862. The fourth-order valence-corrected chi connectivity index (χ4v) is 2.40. The summed E-state index contributed by atoms with van der Waals surface area (Å²) in [6, 6.07) is 0. The number of hydrogen-bond acceptors (Lipinski definition) is 7. The van der Waals surface area contributed by atoms with Crippen molar-refractivity contribution in [2.45, 2.75) is 14.5 Å². The third-order valence-corrected chi connectivity index (χ3v) is 3.17. The van der Waals surface area contributed by atoms with Gasteiger partial charge in [0.05, 0.1) is 0 Å². The van der Waals surface area contributed by atoms with E-state index in [1.165, 1.54) is 23.1 Å². The predicted octanol–water partition coefficient (Wildman–Crippen LogP) is 1.10. The molecule has 0 radical (unpaired) electrons. The minimum Gasteiger partial charge on any atom is -0.223 e. The third-order valence-electron chi connectivity index (χ3n) is 0.975. The Morgan fingerprint density at radius 2 is 2.50 bits per heavy atom. The quantitative estimate of drug-likeness (QED) is 0.737. The van der Waals surface area contributed by atoms with Crippen molar-refractivity contribution in [2.24, 2.45) is 0 Å². The van der Waals surface area contributed by atoms with E-state index in [0.29, 0.717) is 10.2 Å². The highest BCUT2D eigenvalue weighted by molar-refractivity contribution is 8.00. The van der Waals surface area contributed by atoms with Crippen molar-refractivity contribution in [1.82, 2.24) is 25.6 Å². The van der Waals surface area contributed by atoms with E-state index < -0.39 is 0 Å². The predicted molar refractivity (Wildman–Crippen MR) is 47.7 cm³/mol. The molecular formula is C4H3N5S3. The Morgan fingerprint density at radius 1 is 1.58 bits per heavy atom. The van der Waals surface area contributed by atoms with Gasteiger partial charge in [-0.25, -0.2) is 4.98 Å². The zero-order valence-corrected chi connectivity index (χ0v) is 8.16. The molecule has 0 aliphatic heterocycles. The van der Waals surface area contributed by atoms with Gasteiger partial charge in [0.2, 0.25) is 5.16 Å². The molecule has 0 unspecified atom stereocenters. The topological polar surface area (TPSA) is 67.3 Å². The number of aromatic amines is 1. The Labute approximate surface area is 81.4 Å². The fourth-order valence-electron chi connectivity index (χ4n) is 0.570. The lowest BCUT2D eigenvalue weighted by Crippen LogP contribution is -1.74. The maximum atomic E-state index is 4.11. The van der Waals surface area contributed by atoms with Crippen LogP contribution in [0.4, 0.5) is 0 Å². The third kappa shape index (κ3) is 1.76. The Bertz CT molecular complexity index is 354. The molecule has 2 aromatic heterocycles. The minimum atomic E-state index is 0.567. The van der Waals surface area contributed by atoms with Gasteiger partial charge in [0, 0.05) is 5.38 Å². The number of hydrogen-bond donors (Lipinski definition) is 2. The van der Waals surface area contributed by atoms with Gasteiger partial charge >= 0.3 is 0 Å². The zero-order valence-electron chi connectivity index (χ0n) is 5.63. The van der Waals surface area contributed by atoms with Crippen LogP contribution in [0, 0.1) is 0 Å². The van der Waals surface area contributed by atoms with Crippen molar-refractivity contribution >= 4 is 35.7 Å². The highest BCUT2D eigenvalue weighted by Gasteiger charge is 2.04. The molecule has 1 N–H and O–H groups in total. The van der Waals surface area contributed by atoms with Crippen LogP contribution in [0.15, 0.2) is 19.9 Å². The monoisotopic (exact) mass is 217 g/mol. The van der Waals surface area contributed by atoms with E-state index in [2.05, 4.69) is 38.2 Å². The van der Waals surface area contributed by atoms with E-state index in [4.69, 9.17) is 0 Å². The molecule has 8 heteroatoms. The largest absolute Gasteiger partial charge is 0.237 e. The summed E-state index contributed by atoms with van der Waals surface area (Å²) in [5, 5.41) is 16.5. The van der Waals surface area contributed by atoms with Gasteiger partial charge in [-0.05, 0) is 17.0 Å². The molecule has 0 saturated heterocycles. The number of H-pyrrole nitrogens is 1. The van der Waals surface area contributed by atoms with E-state index in [-0.39, 0.29) is 0 Å². The summed E-state index contributed by atoms with van der Waals surface area (Å²) in [4.78, 5) is 4.11. The highest BCUT2D eigenvalue weighted by Crippen LogP contribution is 2.27. The summed E-state index contributed by atoms with van der Waals surface area (Å²) in [5.74, 6) is 0. The molecule has 0 aliphatic rings. The number of tetrazole rings is 1. The van der Waals surface area contributed by atoms with Crippen LogP contribution in [0.2, 0.25) is 0 Å². The van der Waals surface area contributed by atoms with Gasteiger partial charge in [-0.2, -0.15) is 5.21 Å². The Balaban J connectivity index is 2.14. The van der Waals surface area contributed by atoms with Crippen molar-refractivity contribution < 1.29 is 0 Å². The van der Waals surface area contributed by atoms with Crippen molar-refractivity contribution in [2.75, 3.05) is 0 Å². The summed E-state index contributed by atoms with van der Waals surface area (Å²) in [6.07, 6.45) is 0. The maximum absolute atomic E-state index is 4.11. The Morgan fingerprint density at radius 3 is 3.08 bits per heavy atom. The van der Waals surface area contributed by atoms with Crippen molar-refractivity contribution in [3.05, 3.63) is 5.38 Å². The van der Waals surface area contributed by atoms with E-state index in [1.807, 2.05) is 5.38 Å².